The van der Waals surface area contributed by atoms with E-state index in [1.807, 2.05) is 0 Å². The minimum absolute atomic E-state index is 0.140. The van der Waals surface area contributed by atoms with Gasteiger partial charge in [-0.15, -0.1) is 0 Å². The molecule has 0 atom stereocenters. The summed E-state index contributed by atoms with van der Waals surface area (Å²) in [6, 6.07) is 5.15. The topological polar surface area (TPSA) is 54.3 Å². The predicted octanol–water partition coefficient (Wildman–Crippen LogP) is 3.08. The zero-order chi connectivity index (χ0) is 20.4. The first kappa shape index (κ1) is 19.8. The van der Waals surface area contributed by atoms with Crippen molar-refractivity contribution in [1.82, 2.24) is 18.8 Å². The molecule has 4 rings (SSSR count). The fraction of sp³-hybridized carbons (Fsp3) is 0.421. The van der Waals surface area contributed by atoms with E-state index in [4.69, 9.17) is 0 Å². The highest BCUT2D eigenvalue weighted by molar-refractivity contribution is 7.13. The molecule has 154 valence electrons. The van der Waals surface area contributed by atoms with Crippen LogP contribution in [0.1, 0.15) is 12.0 Å². The molecule has 0 bridgehead atoms. The monoisotopic (exact) mass is 423 g/mol. The fourth-order valence-corrected chi connectivity index (χ4v) is 4.47. The molecule has 2 aromatic heterocycles. The second-order valence-corrected chi connectivity index (χ2v) is 8.00. The van der Waals surface area contributed by atoms with Crippen molar-refractivity contribution in [1.29, 1.82) is 0 Å². The van der Waals surface area contributed by atoms with Crippen LogP contribution in [0.5, 0.6) is 0 Å². The molecule has 0 radical (unpaired) electrons. The number of aromatic nitrogens is 3. The van der Waals surface area contributed by atoms with Crippen LogP contribution >= 0.6 is 11.5 Å². The predicted molar refractivity (Wildman–Crippen MR) is 106 cm³/mol. The molecule has 1 fully saturated rings. The minimum Gasteiger partial charge on any atom is -0.338 e. The number of piperazine rings is 1. The number of halogens is 3. The summed E-state index contributed by atoms with van der Waals surface area (Å²) in [4.78, 5) is 25.5. The van der Waals surface area contributed by atoms with E-state index in [0.717, 1.165) is 57.2 Å². The summed E-state index contributed by atoms with van der Waals surface area (Å²) in [7, 11) is 0. The van der Waals surface area contributed by atoms with Crippen molar-refractivity contribution < 1.29 is 13.2 Å². The van der Waals surface area contributed by atoms with Crippen molar-refractivity contribution in [3.8, 4) is 0 Å². The highest BCUT2D eigenvalue weighted by Gasteiger charge is 2.31. The molecule has 0 amide bonds. The van der Waals surface area contributed by atoms with Gasteiger partial charge in [0.25, 0.3) is 5.56 Å². The summed E-state index contributed by atoms with van der Waals surface area (Å²) in [5.74, 6) is 0.738. The summed E-state index contributed by atoms with van der Waals surface area (Å²) in [6.07, 6.45) is -0.217. The molecule has 29 heavy (non-hydrogen) atoms. The summed E-state index contributed by atoms with van der Waals surface area (Å²) < 4.78 is 40.8. The van der Waals surface area contributed by atoms with Gasteiger partial charge < -0.3 is 4.90 Å². The standard InChI is InChI=1S/C19H20F3N5OS/c20-19(21,22)14-3-4-16-15(13-14)17(28)27(29-16)8-2-7-25-9-11-26(12-10-25)18-23-5-1-6-24-18/h1,3-6,13H,2,7-12H2. The van der Waals surface area contributed by atoms with Crippen LogP contribution in [-0.4, -0.2) is 51.5 Å². The molecule has 6 nitrogen and oxygen atoms in total. The van der Waals surface area contributed by atoms with Crippen molar-refractivity contribution in [2.24, 2.45) is 0 Å². The third kappa shape index (κ3) is 4.43. The number of fused-ring (bicyclic) bond motifs is 1. The number of alkyl halides is 3. The van der Waals surface area contributed by atoms with E-state index in [1.165, 1.54) is 17.6 Å². The number of hydrogen-bond donors (Lipinski definition) is 0. The van der Waals surface area contributed by atoms with E-state index >= 15 is 0 Å². The second kappa shape index (κ2) is 8.11. The summed E-state index contributed by atoms with van der Waals surface area (Å²) in [6.45, 7) is 4.78. The van der Waals surface area contributed by atoms with Gasteiger partial charge in [-0.05, 0) is 30.7 Å². The Kier molecular flexibility index (Phi) is 5.55. The average molecular weight is 423 g/mol. The van der Waals surface area contributed by atoms with Crippen LogP contribution in [0.3, 0.4) is 0 Å². The lowest BCUT2D eigenvalue weighted by molar-refractivity contribution is -0.137. The Morgan fingerprint density at radius 1 is 1.03 bits per heavy atom. The molecule has 0 spiro atoms. The molecule has 0 saturated carbocycles. The van der Waals surface area contributed by atoms with Crippen LogP contribution in [0.4, 0.5) is 19.1 Å². The van der Waals surface area contributed by atoms with E-state index in [9.17, 15) is 18.0 Å². The van der Waals surface area contributed by atoms with Gasteiger partial charge in [-0.25, -0.2) is 9.97 Å². The van der Waals surface area contributed by atoms with Crippen molar-refractivity contribution >= 4 is 27.6 Å². The first-order valence-electron chi connectivity index (χ1n) is 9.37. The fourth-order valence-electron chi connectivity index (χ4n) is 3.46. The number of benzene rings is 1. The van der Waals surface area contributed by atoms with Gasteiger partial charge in [0.1, 0.15) is 0 Å². The summed E-state index contributed by atoms with van der Waals surface area (Å²) >= 11 is 1.22. The lowest BCUT2D eigenvalue weighted by Gasteiger charge is -2.34. The lowest BCUT2D eigenvalue weighted by Crippen LogP contribution is -2.47. The normalized spacial score (nSPS) is 15.9. The number of rotatable bonds is 5. The summed E-state index contributed by atoms with van der Waals surface area (Å²) in [5.41, 5.74) is -1.13. The number of anilines is 1. The van der Waals surface area contributed by atoms with Crippen LogP contribution in [-0.2, 0) is 12.7 Å². The van der Waals surface area contributed by atoms with Crippen molar-refractivity contribution in [3.63, 3.8) is 0 Å². The van der Waals surface area contributed by atoms with E-state index in [2.05, 4.69) is 19.8 Å². The molecule has 1 aliphatic rings. The molecule has 3 heterocycles. The first-order valence-corrected chi connectivity index (χ1v) is 10.1. The zero-order valence-electron chi connectivity index (χ0n) is 15.6. The maximum absolute atomic E-state index is 12.9. The Hall–Kier alpha value is -2.46. The molecule has 0 unspecified atom stereocenters. The molecular weight excluding hydrogens is 403 g/mol. The maximum atomic E-state index is 12.9. The molecule has 1 aliphatic heterocycles. The third-order valence-electron chi connectivity index (χ3n) is 5.02. The first-order chi connectivity index (χ1) is 13.9. The highest BCUT2D eigenvalue weighted by atomic mass is 32.1. The van der Waals surface area contributed by atoms with Crippen LogP contribution in [0.25, 0.3) is 10.1 Å². The Balaban J connectivity index is 1.33. The largest absolute Gasteiger partial charge is 0.416 e. The van der Waals surface area contributed by atoms with Crippen molar-refractivity contribution in [2.45, 2.75) is 19.1 Å². The highest BCUT2D eigenvalue weighted by Crippen LogP contribution is 2.31. The van der Waals surface area contributed by atoms with Gasteiger partial charge in [0.15, 0.2) is 0 Å². The average Bonchev–Trinajstić information content (AvgIpc) is 3.04. The van der Waals surface area contributed by atoms with Crippen LogP contribution in [0.2, 0.25) is 0 Å². The minimum atomic E-state index is -4.44. The van der Waals surface area contributed by atoms with Crippen LogP contribution < -0.4 is 10.5 Å². The Bertz CT molecular complexity index is 1030. The van der Waals surface area contributed by atoms with E-state index < -0.39 is 11.7 Å². The quantitative estimate of drug-likeness (QED) is 0.631. The van der Waals surface area contributed by atoms with E-state index in [0.29, 0.717) is 11.2 Å². The van der Waals surface area contributed by atoms with Gasteiger partial charge in [0.2, 0.25) is 5.95 Å². The van der Waals surface area contributed by atoms with Gasteiger partial charge in [0, 0.05) is 51.7 Å². The van der Waals surface area contributed by atoms with Crippen molar-refractivity contribution in [3.05, 3.63) is 52.6 Å². The molecule has 0 aliphatic carbocycles. The second-order valence-electron chi connectivity index (χ2n) is 6.94. The lowest BCUT2D eigenvalue weighted by atomic mass is 10.2. The molecular formula is C19H20F3N5OS. The number of nitrogens with zero attached hydrogens (tertiary/aromatic N) is 5. The molecule has 1 saturated heterocycles. The Morgan fingerprint density at radius 3 is 2.45 bits per heavy atom. The maximum Gasteiger partial charge on any atom is 0.416 e. The number of aryl methyl sites for hydroxylation is 1. The number of hydrogen-bond acceptors (Lipinski definition) is 6. The van der Waals surface area contributed by atoms with E-state index in [-0.39, 0.29) is 10.9 Å². The molecule has 3 aromatic rings. The van der Waals surface area contributed by atoms with Gasteiger partial charge in [-0.2, -0.15) is 13.2 Å². The molecule has 0 N–H and O–H groups in total. The van der Waals surface area contributed by atoms with E-state index in [1.54, 1.807) is 22.4 Å². The Labute approximate surface area is 169 Å². The van der Waals surface area contributed by atoms with Gasteiger partial charge in [0.05, 0.1) is 15.6 Å². The SMILES string of the molecule is O=c1c2cc(C(F)(F)F)ccc2sn1CCCN1CCN(c2ncccn2)CC1. The molecule has 10 heteroatoms. The van der Waals surface area contributed by atoms with Gasteiger partial charge in [-0.1, -0.05) is 11.5 Å². The van der Waals surface area contributed by atoms with Crippen molar-refractivity contribution in [2.75, 3.05) is 37.6 Å². The third-order valence-corrected chi connectivity index (χ3v) is 6.14. The van der Waals surface area contributed by atoms with Crippen LogP contribution in [0, 0.1) is 0 Å². The zero-order valence-corrected chi connectivity index (χ0v) is 16.4. The van der Waals surface area contributed by atoms with Gasteiger partial charge in [-0.3, -0.25) is 13.7 Å². The summed E-state index contributed by atoms with van der Waals surface area (Å²) in [5, 5.41) is 0.140. The molecule has 1 aromatic carbocycles. The van der Waals surface area contributed by atoms with Crippen LogP contribution in [0.15, 0.2) is 41.5 Å². The Morgan fingerprint density at radius 2 is 1.76 bits per heavy atom. The smallest absolute Gasteiger partial charge is 0.338 e. The van der Waals surface area contributed by atoms with Gasteiger partial charge >= 0.3 is 6.18 Å².